The molecule has 5 rings (SSSR count). The van der Waals surface area contributed by atoms with Crippen molar-refractivity contribution in [3.8, 4) is 0 Å². The van der Waals surface area contributed by atoms with E-state index in [1.807, 2.05) is 12.4 Å². The van der Waals surface area contributed by atoms with E-state index in [-0.39, 0.29) is 0 Å². The Bertz CT molecular complexity index is 497. The molecule has 4 aliphatic carbocycles. The fourth-order valence-electron chi connectivity index (χ4n) is 6.60. The lowest BCUT2D eigenvalue weighted by molar-refractivity contribution is -0.0607. The summed E-state index contributed by atoms with van der Waals surface area (Å²) in [6, 6.07) is 4.27. The van der Waals surface area contributed by atoms with Crippen LogP contribution in [0.15, 0.2) is 24.5 Å². The third-order valence-corrected chi connectivity index (χ3v) is 7.52. The minimum Gasteiger partial charge on any atom is -0.265 e. The molecule has 1 atom stereocenters. The molecule has 1 unspecified atom stereocenters. The Hall–Kier alpha value is -0.850. The van der Waals surface area contributed by atoms with Crippen molar-refractivity contribution in [2.45, 2.75) is 71.6 Å². The molecule has 1 heteroatoms. The summed E-state index contributed by atoms with van der Waals surface area (Å²) in [6.07, 6.45) is 19.8. The van der Waals surface area contributed by atoms with Gasteiger partial charge in [0.2, 0.25) is 0 Å². The summed E-state index contributed by atoms with van der Waals surface area (Å²) in [4.78, 5) is 4.13. The monoisotopic (exact) mass is 324 g/mol. The van der Waals surface area contributed by atoms with Gasteiger partial charge in [0, 0.05) is 12.4 Å². The maximum absolute atomic E-state index is 4.13. The molecule has 4 saturated carbocycles. The van der Waals surface area contributed by atoms with Gasteiger partial charge in [0.15, 0.2) is 0 Å². The van der Waals surface area contributed by atoms with Gasteiger partial charge in [-0.15, -0.1) is 0 Å². The van der Waals surface area contributed by atoms with Gasteiger partial charge in [-0.2, -0.15) is 0 Å². The van der Waals surface area contributed by atoms with Crippen LogP contribution in [0.25, 0.3) is 0 Å². The van der Waals surface area contributed by atoms with Crippen LogP contribution in [0.5, 0.6) is 0 Å². The lowest BCUT2D eigenvalue weighted by Gasteiger charge is -2.57. The molecule has 0 spiro atoms. The molecule has 1 aromatic heterocycles. The van der Waals surface area contributed by atoms with Crippen LogP contribution in [0.4, 0.5) is 0 Å². The van der Waals surface area contributed by atoms with Crippen molar-refractivity contribution < 1.29 is 0 Å². The molecule has 0 N–H and O–H groups in total. The lowest BCUT2D eigenvalue weighted by Crippen LogP contribution is -2.46. The van der Waals surface area contributed by atoms with Gasteiger partial charge in [0.25, 0.3) is 0 Å². The molecule has 0 saturated heterocycles. The van der Waals surface area contributed by atoms with Crippen molar-refractivity contribution in [1.29, 1.82) is 0 Å². The molecule has 1 radical (unpaired) electrons. The predicted octanol–water partition coefficient (Wildman–Crippen LogP) is 6.29. The number of nitrogens with zero attached hydrogens (tertiary/aromatic N) is 1. The molecule has 4 aliphatic rings. The van der Waals surface area contributed by atoms with E-state index in [0.29, 0.717) is 0 Å². The van der Waals surface area contributed by atoms with E-state index in [1.54, 1.807) is 38.5 Å². The first-order valence-electron chi connectivity index (χ1n) is 10.4. The quantitative estimate of drug-likeness (QED) is 0.574. The van der Waals surface area contributed by atoms with Crippen molar-refractivity contribution in [3.63, 3.8) is 0 Å². The lowest BCUT2D eigenvalue weighted by atomic mass is 9.48. The molecule has 24 heavy (non-hydrogen) atoms. The van der Waals surface area contributed by atoms with Crippen LogP contribution in [0, 0.1) is 41.4 Å². The van der Waals surface area contributed by atoms with Crippen molar-refractivity contribution in [3.05, 3.63) is 36.5 Å². The van der Waals surface area contributed by atoms with Crippen LogP contribution in [0.3, 0.4) is 0 Å². The Balaban J connectivity index is 1.34. The van der Waals surface area contributed by atoms with Gasteiger partial charge in [0.05, 0.1) is 0 Å². The summed E-state index contributed by atoms with van der Waals surface area (Å²) >= 11 is 0. The average molecular weight is 325 g/mol. The Morgan fingerprint density at radius 3 is 2.17 bits per heavy atom. The zero-order valence-electron chi connectivity index (χ0n) is 15.6. The Kier molecular flexibility index (Phi) is 4.71. The molecule has 0 aliphatic heterocycles. The molecule has 4 fully saturated rings. The van der Waals surface area contributed by atoms with E-state index in [9.17, 15) is 0 Å². The highest BCUT2D eigenvalue weighted by Crippen LogP contribution is 2.62. The van der Waals surface area contributed by atoms with Crippen LogP contribution >= 0.6 is 0 Å². The number of pyridine rings is 1. The fourth-order valence-corrected chi connectivity index (χ4v) is 6.60. The minimum absolute atomic E-state index is 0.749. The SMILES string of the molecule is CC(C)C(C[CH]c1ccncc1)CCC12CC3CC(CC(C3)C1)C2. The topological polar surface area (TPSA) is 12.9 Å². The van der Waals surface area contributed by atoms with E-state index in [0.717, 1.165) is 35.0 Å². The second-order valence-electron chi connectivity index (χ2n) is 9.68. The summed E-state index contributed by atoms with van der Waals surface area (Å²) in [5.41, 5.74) is 2.09. The number of aromatic nitrogens is 1. The van der Waals surface area contributed by atoms with E-state index < -0.39 is 0 Å². The number of rotatable bonds is 7. The second kappa shape index (κ2) is 6.81. The highest BCUT2D eigenvalue weighted by molar-refractivity contribution is 5.19. The summed E-state index contributed by atoms with van der Waals surface area (Å²) in [5, 5.41) is 0. The standard InChI is InChI=1S/C23H34N/c1-17(2)22(4-3-18-6-9-24-10-7-18)5-8-23-14-19-11-20(15-23)13-21(12-19)16-23/h3,6-7,9-10,17,19-22H,4-5,8,11-16H2,1-2H3. The molecule has 0 amide bonds. The van der Waals surface area contributed by atoms with Crippen molar-refractivity contribution in [2.24, 2.45) is 35.0 Å². The summed E-state index contributed by atoms with van der Waals surface area (Å²) in [7, 11) is 0. The fraction of sp³-hybridized carbons (Fsp3) is 0.739. The zero-order chi connectivity index (χ0) is 16.6. The molecule has 1 heterocycles. The molecular formula is C23H34N. The van der Waals surface area contributed by atoms with Crippen molar-refractivity contribution >= 4 is 0 Å². The van der Waals surface area contributed by atoms with Gasteiger partial charge in [-0.25, -0.2) is 0 Å². The van der Waals surface area contributed by atoms with Crippen LogP contribution in [-0.2, 0) is 0 Å². The van der Waals surface area contributed by atoms with Crippen molar-refractivity contribution in [1.82, 2.24) is 4.98 Å². The van der Waals surface area contributed by atoms with E-state index >= 15 is 0 Å². The Morgan fingerprint density at radius 2 is 1.62 bits per heavy atom. The van der Waals surface area contributed by atoms with Gasteiger partial charge >= 0.3 is 0 Å². The van der Waals surface area contributed by atoms with E-state index in [1.165, 1.54) is 24.8 Å². The number of hydrogen-bond donors (Lipinski definition) is 0. The minimum atomic E-state index is 0.749. The highest BCUT2D eigenvalue weighted by atomic mass is 14.6. The van der Waals surface area contributed by atoms with Gasteiger partial charge < -0.3 is 0 Å². The van der Waals surface area contributed by atoms with Gasteiger partial charge in [-0.1, -0.05) is 13.8 Å². The summed E-state index contributed by atoms with van der Waals surface area (Å²) < 4.78 is 0. The third-order valence-electron chi connectivity index (χ3n) is 7.52. The highest BCUT2D eigenvalue weighted by Gasteiger charge is 2.50. The molecule has 1 nitrogen and oxygen atoms in total. The van der Waals surface area contributed by atoms with E-state index in [2.05, 4.69) is 37.4 Å². The first-order valence-corrected chi connectivity index (χ1v) is 10.4. The van der Waals surface area contributed by atoms with Crippen LogP contribution in [0.1, 0.15) is 77.2 Å². The van der Waals surface area contributed by atoms with Crippen LogP contribution in [0.2, 0.25) is 0 Å². The summed E-state index contributed by atoms with van der Waals surface area (Å²) in [6.45, 7) is 4.84. The third kappa shape index (κ3) is 3.55. The molecular weight excluding hydrogens is 290 g/mol. The molecule has 131 valence electrons. The Morgan fingerprint density at radius 1 is 1.04 bits per heavy atom. The average Bonchev–Trinajstić information content (AvgIpc) is 2.54. The second-order valence-corrected chi connectivity index (χ2v) is 9.68. The van der Waals surface area contributed by atoms with Crippen molar-refractivity contribution in [2.75, 3.05) is 0 Å². The predicted molar refractivity (Wildman–Crippen MR) is 100 cm³/mol. The first-order chi connectivity index (χ1) is 11.6. The first kappa shape index (κ1) is 16.6. The normalized spacial score (nSPS) is 35.5. The van der Waals surface area contributed by atoms with Gasteiger partial charge in [-0.3, -0.25) is 4.98 Å². The smallest absolute Gasteiger partial charge is 0.0270 e. The van der Waals surface area contributed by atoms with Gasteiger partial charge in [0.1, 0.15) is 0 Å². The molecule has 4 bridgehead atoms. The summed E-state index contributed by atoms with van der Waals surface area (Å²) in [5.74, 6) is 4.91. The maximum Gasteiger partial charge on any atom is 0.0270 e. The van der Waals surface area contributed by atoms with E-state index in [4.69, 9.17) is 0 Å². The van der Waals surface area contributed by atoms with Crippen LogP contribution in [-0.4, -0.2) is 4.98 Å². The molecule has 1 aromatic rings. The number of hydrogen-bond acceptors (Lipinski definition) is 1. The van der Waals surface area contributed by atoms with Gasteiger partial charge in [-0.05, 0) is 117 Å². The Labute approximate surface area is 148 Å². The molecule has 0 aromatic carbocycles. The largest absolute Gasteiger partial charge is 0.265 e. The maximum atomic E-state index is 4.13. The zero-order valence-corrected chi connectivity index (χ0v) is 15.6. The van der Waals surface area contributed by atoms with Crippen LogP contribution < -0.4 is 0 Å².